The van der Waals surface area contributed by atoms with Gasteiger partial charge in [0, 0.05) is 23.2 Å². The van der Waals surface area contributed by atoms with E-state index in [9.17, 15) is 0 Å². The maximum Gasteiger partial charge on any atom is 0.125 e. The summed E-state index contributed by atoms with van der Waals surface area (Å²) in [7, 11) is 2.18. The van der Waals surface area contributed by atoms with Crippen LogP contribution < -0.4 is 10.5 Å². The largest absolute Gasteiger partial charge is 0.493 e. The molecule has 2 rings (SSSR count). The van der Waals surface area contributed by atoms with Gasteiger partial charge in [-0.3, -0.25) is 0 Å². The fraction of sp³-hybridized carbons (Fsp3) is 0.571. The van der Waals surface area contributed by atoms with Gasteiger partial charge in [0.25, 0.3) is 0 Å². The van der Waals surface area contributed by atoms with Crippen molar-refractivity contribution in [2.75, 3.05) is 20.2 Å². The lowest BCUT2D eigenvalue weighted by Gasteiger charge is -2.19. The highest BCUT2D eigenvalue weighted by molar-refractivity contribution is 6.30. The van der Waals surface area contributed by atoms with E-state index < -0.39 is 0 Å². The molecule has 3 nitrogen and oxygen atoms in total. The molecule has 0 radical (unpaired) electrons. The van der Waals surface area contributed by atoms with Gasteiger partial charge in [0.05, 0.1) is 6.61 Å². The summed E-state index contributed by atoms with van der Waals surface area (Å²) in [5.74, 6) is 0.825. The standard InChI is InChI=1S/C14H21ClN2O/c1-17-7-2-3-13(17)6-8-18-14-9-12(15)5-4-11(14)10-16/h4-5,9,13H,2-3,6-8,10,16H2,1H3. The highest BCUT2D eigenvalue weighted by Crippen LogP contribution is 2.24. The number of likely N-dealkylation sites (tertiary alicyclic amines) is 1. The molecule has 1 aromatic rings. The monoisotopic (exact) mass is 268 g/mol. The summed E-state index contributed by atoms with van der Waals surface area (Å²) in [6.07, 6.45) is 3.64. The second kappa shape index (κ2) is 6.41. The highest BCUT2D eigenvalue weighted by Gasteiger charge is 2.20. The van der Waals surface area contributed by atoms with Crippen LogP contribution in [0.1, 0.15) is 24.8 Å². The summed E-state index contributed by atoms with van der Waals surface area (Å²) in [4.78, 5) is 2.41. The molecular formula is C14H21ClN2O. The molecule has 1 fully saturated rings. The van der Waals surface area contributed by atoms with Crippen LogP contribution in [0.4, 0.5) is 0 Å². The second-order valence-electron chi connectivity index (χ2n) is 4.87. The number of nitrogens with zero attached hydrogens (tertiary/aromatic N) is 1. The molecule has 0 saturated carbocycles. The van der Waals surface area contributed by atoms with E-state index in [1.54, 1.807) is 0 Å². The van der Waals surface area contributed by atoms with Gasteiger partial charge in [-0.25, -0.2) is 0 Å². The molecule has 0 aliphatic carbocycles. The van der Waals surface area contributed by atoms with Crippen molar-refractivity contribution in [2.45, 2.75) is 31.8 Å². The van der Waals surface area contributed by atoms with Crippen molar-refractivity contribution < 1.29 is 4.74 Å². The third-order valence-corrected chi connectivity index (χ3v) is 3.86. The zero-order chi connectivity index (χ0) is 13.0. The van der Waals surface area contributed by atoms with Crippen molar-refractivity contribution in [3.63, 3.8) is 0 Å². The number of ether oxygens (including phenoxy) is 1. The van der Waals surface area contributed by atoms with Crippen LogP contribution in [0, 0.1) is 0 Å². The summed E-state index contributed by atoms with van der Waals surface area (Å²) in [6, 6.07) is 6.29. The summed E-state index contributed by atoms with van der Waals surface area (Å²) in [6.45, 7) is 2.41. The van der Waals surface area contributed by atoms with Gasteiger partial charge in [-0.1, -0.05) is 17.7 Å². The van der Waals surface area contributed by atoms with Crippen molar-refractivity contribution in [3.8, 4) is 5.75 Å². The van der Waals surface area contributed by atoms with Gasteiger partial charge in [-0.15, -0.1) is 0 Å². The van der Waals surface area contributed by atoms with Crippen LogP contribution in [0.2, 0.25) is 5.02 Å². The molecule has 0 amide bonds. The third kappa shape index (κ3) is 3.37. The van der Waals surface area contributed by atoms with Crippen molar-refractivity contribution in [3.05, 3.63) is 28.8 Å². The predicted molar refractivity (Wildman–Crippen MR) is 75.1 cm³/mol. The van der Waals surface area contributed by atoms with E-state index in [4.69, 9.17) is 22.1 Å². The van der Waals surface area contributed by atoms with E-state index >= 15 is 0 Å². The van der Waals surface area contributed by atoms with Gasteiger partial charge in [0.15, 0.2) is 0 Å². The summed E-state index contributed by atoms with van der Waals surface area (Å²) >= 11 is 5.97. The lowest BCUT2D eigenvalue weighted by Crippen LogP contribution is -2.26. The van der Waals surface area contributed by atoms with E-state index in [2.05, 4.69) is 11.9 Å². The second-order valence-corrected chi connectivity index (χ2v) is 5.31. The molecule has 1 aliphatic rings. The van der Waals surface area contributed by atoms with Crippen molar-refractivity contribution >= 4 is 11.6 Å². The number of nitrogens with two attached hydrogens (primary N) is 1. The van der Waals surface area contributed by atoms with Crippen LogP contribution in [-0.4, -0.2) is 31.1 Å². The average molecular weight is 269 g/mol. The lowest BCUT2D eigenvalue weighted by atomic mass is 10.1. The number of rotatable bonds is 5. The molecule has 100 valence electrons. The van der Waals surface area contributed by atoms with E-state index in [1.807, 2.05) is 18.2 Å². The molecule has 1 heterocycles. The Morgan fingerprint density at radius 2 is 2.33 bits per heavy atom. The van der Waals surface area contributed by atoms with Gasteiger partial charge < -0.3 is 15.4 Å². The molecule has 0 aromatic heterocycles. The number of halogens is 1. The Balaban J connectivity index is 1.87. The van der Waals surface area contributed by atoms with Crippen molar-refractivity contribution in [1.29, 1.82) is 0 Å². The predicted octanol–water partition coefficient (Wildman–Crippen LogP) is 2.66. The van der Waals surface area contributed by atoms with Crippen LogP contribution in [0.5, 0.6) is 5.75 Å². The molecule has 0 spiro atoms. The third-order valence-electron chi connectivity index (χ3n) is 3.63. The fourth-order valence-electron chi connectivity index (χ4n) is 2.48. The number of hydrogen-bond acceptors (Lipinski definition) is 3. The van der Waals surface area contributed by atoms with Gasteiger partial charge in [-0.2, -0.15) is 0 Å². The summed E-state index contributed by atoms with van der Waals surface area (Å²) in [5.41, 5.74) is 6.70. The SMILES string of the molecule is CN1CCCC1CCOc1cc(Cl)ccc1CN. The lowest BCUT2D eigenvalue weighted by molar-refractivity contribution is 0.232. The number of hydrogen-bond donors (Lipinski definition) is 1. The van der Waals surface area contributed by atoms with E-state index in [0.717, 1.165) is 24.3 Å². The molecular weight excluding hydrogens is 248 g/mol. The van der Waals surface area contributed by atoms with E-state index in [0.29, 0.717) is 17.6 Å². The van der Waals surface area contributed by atoms with Gasteiger partial charge in [0.1, 0.15) is 5.75 Å². The summed E-state index contributed by atoms with van der Waals surface area (Å²) < 4.78 is 5.83. The van der Waals surface area contributed by atoms with Crippen molar-refractivity contribution in [1.82, 2.24) is 4.90 Å². The Labute approximate surface area is 114 Å². The first kappa shape index (κ1) is 13.7. The zero-order valence-corrected chi connectivity index (χ0v) is 11.6. The normalized spacial score (nSPS) is 20.3. The van der Waals surface area contributed by atoms with Crippen LogP contribution >= 0.6 is 11.6 Å². The van der Waals surface area contributed by atoms with Crippen LogP contribution in [-0.2, 0) is 6.54 Å². The Kier molecular flexibility index (Phi) is 4.87. The van der Waals surface area contributed by atoms with E-state index in [1.165, 1.54) is 19.4 Å². The van der Waals surface area contributed by atoms with Crippen molar-refractivity contribution in [2.24, 2.45) is 5.73 Å². The molecule has 18 heavy (non-hydrogen) atoms. The molecule has 0 bridgehead atoms. The van der Waals surface area contributed by atoms with Gasteiger partial charge >= 0.3 is 0 Å². The topological polar surface area (TPSA) is 38.5 Å². The van der Waals surface area contributed by atoms with Crippen LogP contribution in [0.15, 0.2) is 18.2 Å². The zero-order valence-electron chi connectivity index (χ0n) is 10.9. The quantitative estimate of drug-likeness (QED) is 0.892. The number of benzene rings is 1. The Hall–Kier alpha value is -0.770. The molecule has 1 aromatic carbocycles. The van der Waals surface area contributed by atoms with Gasteiger partial charge in [-0.05, 0) is 45.0 Å². The molecule has 4 heteroatoms. The minimum Gasteiger partial charge on any atom is -0.493 e. The molecule has 1 unspecified atom stereocenters. The minimum atomic E-state index is 0.482. The Morgan fingerprint density at radius 1 is 1.50 bits per heavy atom. The Bertz CT molecular complexity index is 397. The maximum absolute atomic E-state index is 5.97. The summed E-state index contributed by atoms with van der Waals surface area (Å²) in [5, 5.41) is 0.695. The first-order chi connectivity index (χ1) is 8.70. The van der Waals surface area contributed by atoms with Gasteiger partial charge in [0.2, 0.25) is 0 Å². The molecule has 1 atom stereocenters. The first-order valence-corrected chi connectivity index (χ1v) is 6.90. The molecule has 2 N–H and O–H groups in total. The molecule has 1 aliphatic heterocycles. The Morgan fingerprint density at radius 3 is 3.00 bits per heavy atom. The van der Waals surface area contributed by atoms with Crippen LogP contribution in [0.3, 0.4) is 0 Å². The maximum atomic E-state index is 5.97. The van der Waals surface area contributed by atoms with Crippen LogP contribution in [0.25, 0.3) is 0 Å². The average Bonchev–Trinajstić information content (AvgIpc) is 2.76. The smallest absolute Gasteiger partial charge is 0.125 e. The molecule has 1 saturated heterocycles. The fourth-order valence-corrected chi connectivity index (χ4v) is 2.64. The first-order valence-electron chi connectivity index (χ1n) is 6.52. The minimum absolute atomic E-state index is 0.482. The highest BCUT2D eigenvalue weighted by atomic mass is 35.5. The van der Waals surface area contributed by atoms with E-state index in [-0.39, 0.29) is 0 Å².